The van der Waals surface area contributed by atoms with E-state index in [1.807, 2.05) is 6.07 Å². The van der Waals surface area contributed by atoms with E-state index in [0.29, 0.717) is 0 Å². The summed E-state index contributed by atoms with van der Waals surface area (Å²) in [6.07, 6.45) is -0.244. The van der Waals surface area contributed by atoms with Crippen LogP contribution in [0.4, 0.5) is 24.5 Å². The summed E-state index contributed by atoms with van der Waals surface area (Å²) < 4.78 is 41.5. The van der Waals surface area contributed by atoms with Gasteiger partial charge in [0.1, 0.15) is 5.69 Å². The van der Waals surface area contributed by atoms with Crippen LogP contribution in [0.5, 0.6) is 0 Å². The maximum atomic E-state index is 13.4. The molecule has 0 atom stereocenters. The number of nitrogens with zero attached hydrogens (tertiary/aromatic N) is 3. The first-order valence-corrected chi connectivity index (χ1v) is 7.34. The lowest BCUT2D eigenvalue weighted by Crippen LogP contribution is -2.12. The normalized spacial score (nSPS) is 11.3. The van der Waals surface area contributed by atoms with Crippen molar-refractivity contribution in [2.24, 2.45) is 5.18 Å². The molecular formula is C17H13F3N4O. The van der Waals surface area contributed by atoms with E-state index in [9.17, 15) is 18.1 Å². The van der Waals surface area contributed by atoms with Crippen molar-refractivity contribution in [2.75, 3.05) is 5.32 Å². The molecule has 3 aromatic rings. The summed E-state index contributed by atoms with van der Waals surface area (Å²) in [5, 5.41) is 5.53. The van der Waals surface area contributed by atoms with E-state index >= 15 is 0 Å². The number of hydrogen-bond donors (Lipinski definition) is 1. The maximum Gasteiger partial charge on any atom is 0.418 e. The zero-order chi connectivity index (χ0) is 17.9. The molecular weight excluding hydrogens is 333 g/mol. The van der Waals surface area contributed by atoms with Gasteiger partial charge in [-0.1, -0.05) is 30.3 Å². The van der Waals surface area contributed by atoms with Gasteiger partial charge in [0.2, 0.25) is 0 Å². The first kappa shape index (κ1) is 16.7. The highest BCUT2D eigenvalue weighted by Crippen LogP contribution is 2.40. The van der Waals surface area contributed by atoms with Crippen molar-refractivity contribution in [1.29, 1.82) is 0 Å². The number of aromatic nitrogens is 2. The number of benzene rings is 2. The third-order valence-electron chi connectivity index (χ3n) is 3.63. The Morgan fingerprint density at radius 3 is 2.52 bits per heavy atom. The summed E-state index contributed by atoms with van der Waals surface area (Å²) >= 11 is 0. The fourth-order valence-corrected chi connectivity index (χ4v) is 2.43. The van der Waals surface area contributed by atoms with Gasteiger partial charge in [0.25, 0.3) is 0 Å². The third-order valence-corrected chi connectivity index (χ3v) is 3.63. The SMILES string of the molecule is O=Nc1cc(C(F)(F)F)c(NCc2ccccc2)cc1-n1ccnc1. The Labute approximate surface area is 141 Å². The Morgan fingerprint density at radius 1 is 1.16 bits per heavy atom. The Bertz CT molecular complexity index is 862. The molecule has 2 aromatic carbocycles. The molecule has 1 aromatic heterocycles. The number of nitrogens with one attached hydrogen (secondary N) is 1. The Kier molecular flexibility index (Phi) is 4.51. The molecule has 0 saturated carbocycles. The maximum absolute atomic E-state index is 13.4. The summed E-state index contributed by atoms with van der Waals surface area (Å²) in [6.45, 7) is 0.209. The number of halogens is 3. The summed E-state index contributed by atoms with van der Waals surface area (Å²) in [7, 11) is 0. The monoisotopic (exact) mass is 346 g/mol. The molecule has 0 aliphatic heterocycles. The smallest absolute Gasteiger partial charge is 0.380 e. The lowest BCUT2D eigenvalue weighted by molar-refractivity contribution is -0.136. The van der Waals surface area contributed by atoms with Crippen LogP contribution < -0.4 is 5.32 Å². The molecule has 0 amide bonds. The van der Waals surface area contributed by atoms with E-state index in [2.05, 4.69) is 15.5 Å². The van der Waals surface area contributed by atoms with Gasteiger partial charge in [-0.3, -0.25) is 0 Å². The minimum atomic E-state index is -4.62. The van der Waals surface area contributed by atoms with Gasteiger partial charge in [0.05, 0.1) is 17.6 Å². The molecule has 1 N–H and O–H groups in total. The Balaban J connectivity index is 2.04. The van der Waals surface area contributed by atoms with E-state index in [0.717, 1.165) is 11.6 Å². The number of imidazole rings is 1. The lowest BCUT2D eigenvalue weighted by Gasteiger charge is -2.17. The van der Waals surface area contributed by atoms with E-state index in [-0.39, 0.29) is 23.6 Å². The summed E-state index contributed by atoms with van der Waals surface area (Å²) in [6, 6.07) is 11.0. The molecule has 0 spiro atoms. The largest absolute Gasteiger partial charge is 0.418 e. The molecule has 128 valence electrons. The van der Waals surface area contributed by atoms with Crippen molar-refractivity contribution in [3.05, 3.63) is 77.2 Å². The predicted molar refractivity (Wildman–Crippen MR) is 87.8 cm³/mol. The molecule has 8 heteroatoms. The van der Waals surface area contributed by atoms with Crippen LogP contribution in [0, 0.1) is 4.91 Å². The van der Waals surface area contributed by atoms with E-state index in [4.69, 9.17) is 0 Å². The standard InChI is InChI=1S/C17H13F3N4O/c18-17(19,20)13-8-15(23-25)16(24-7-6-21-11-24)9-14(13)22-10-12-4-2-1-3-5-12/h1-9,11,22H,10H2. The van der Waals surface area contributed by atoms with Crippen LogP contribution in [0.3, 0.4) is 0 Å². The van der Waals surface area contributed by atoms with Crippen LogP contribution in [0.2, 0.25) is 0 Å². The fourth-order valence-electron chi connectivity index (χ4n) is 2.43. The van der Waals surface area contributed by atoms with E-state index in [1.165, 1.54) is 29.4 Å². The second kappa shape index (κ2) is 6.76. The van der Waals surface area contributed by atoms with Gasteiger partial charge in [-0.2, -0.15) is 13.2 Å². The van der Waals surface area contributed by atoms with Gasteiger partial charge < -0.3 is 9.88 Å². The number of nitroso groups, excluding NO2 is 1. The van der Waals surface area contributed by atoms with Gasteiger partial charge in [0, 0.05) is 24.6 Å². The molecule has 0 aliphatic rings. The molecule has 5 nitrogen and oxygen atoms in total. The highest BCUT2D eigenvalue weighted by molar-refractivity contribution is 5.69. The Hall–Kier alpha value is -3.16. The van der Waals surface area contributed by atoms with Crippen molar-refractivity contribution in [3.8, 4) is 5.69 Å². The second-order valence-electron chi connectivity index (χ2n) is 5.28. The molecule has 0 aliphatic carbocycles. The summed E-state index contributed by atoms with van der Waals surface area (Å²) in [5.74, 6) is 0. The van der Waals surface area contributed by atoms with E-state index < -0.39 is 11.7 Å². The average molecular weight is 346 g/mol. The molecule has 0 saturated heterocycles. The lowest BCUT2D eigenvalue weighted by atomic mass is 10.1. The van der Waals surface area contributed by atoms with Gasteiger partial charge in [0.15, 0.2) is 0 Å². The van der Waals surface area contributed by atoms with Gasteiger partial charge in [-0.05, 0) is 22.9 Å². The number of hydrogen-bond acceptors (Lipinski definition) is 4. The number of alkyl halides is 3. The van der Waals surface area contributed by atoms with Gasteiger partial charge in [-0.25, -0.2) is 4.98 Å². The molecule has 1 heterocycles. The molecule has 0 bridgehead atoms. The average Bonchev–Trinajstić information content (AvgIpc) is 3.13. The highest BCUT2D eigenvalue weighted by atomic mass is 19.4. The van der Waals surface area contributed by atoms with Crippen LogP contribution in [-0.4, -0.2) is 9.55 Å². The molecule has 0 unspecified atom stereocenters. The Morgan fingerprint density at radius 2 is 1.92 bits per heavy atom. The van der Waals surface area contributed by atoms with Crippen molar-refractivity contribution < 1.29 is 13.2 Å². The molecule has 3 rings (SSSR count). The van der Waals surface area contributed by atoms with E-state index in [1.54, 1.807) is 24.3 Å². The number of anilines is 1. The first-order valence-electron chi connectivity index (χ1n) is 7.34. The number of rotatable bonds is 5. The predicted octanol–water partition coefficient (Wildman–Crippen LogP) is 4.90. The van der Waals surface area contributed by atoms with Crippen LogP contribution in [0.1, 0.15) is 11.1 Å². The van der Waals surface area contributed by atoms with Crippen LogP contribution in [-0.2, 0) is 12.7 Å². The molecule has 0 radical (unpaired) electrons. The zero-order valence-corrected chi connectivity index (χ0v) is 12.9. The third kappa shape index (κ3) is 3.68. The van der Waals surface area contributed by atoms with Crippen molar-refractivity contribution >= 4 is 11.4 Å². The zero-order valence-electron chi connectivity index (χ0n) is 12.9. The van der Waals surface area contributed by atoms with Crippen LogP contribution in [0.25, 0.3) is 5.69 Å². The minimum Gasteiger partial charge on any atom is -0.380 e. The molecule has 25 heavy (non-hydrogen) atoms. The van der Waals surface area contributed by atoms with Crippen LogP contribution >= 0.6 is 0 Å². The van der Waals surface area contributed by atoms with Gasteiger partial charge in [-0.15, -0.1) is 4.91 Å². The van der Waals surface area contributed by atoms with Gasteiger partial charge >= 0.3 is 6.18 Å². The minimum absolute atomic E-state index is 0.132. The molecule has 0 fully saturated rings. The fraction of sp³-hybridized carbons (Fsp3) is 0.118. The van der Waals surface area contributed by atoms with Crippen LogP contribution in [0.15, 0.2) is 66.4 Å². The first-order chi connectivity index (χ1) is 12.0. The topological polar surface area (TPSA) is 59.3 Å². The summed E-state index contributed by atoms with van der Waals surface area (Å²) in [5.41, 5.74) is -0.335. The highest BCUT2D eigenvalue weighted by Gasteiger charge is 2.35. The quantitative estimate of drug-likeness (QED) is 0.668. The van der Waals surface area contributed by atoms with Crippen molar-refractivity contribution in [3.63, 3.8) is 0 Å². The van der Waals surface area contributed by atoms with Crippen molar-refractivity contribution in [2.45, 2.75) is 12.7 Å². The summed E-state index contributed by atoms with van der Waals surface area (Å²) in [4.78, 5) is 14.9. The van der Waals surface area contributed by atoms with Crippen molar-refractivity contribution in [1.82, 2.24) is 9.55 Å². The second-order valence-corrected chi connectivity index (χ2v) is 5.28.